The van der Waals surface area contributed by atoms with Crippen molar-refractivity contribution in [2.24, 2.45) is 5.73 Å². The Morgan fingerprint density at radius 1 is 1.37 bits per heavy atom. The molecular formula is C11H23N5O2S. The van der Waals surface area contributed by atoms with Gasteiger partial charge in [-0.05, 0) is 25.8 Å². The molecule has 0 unspecified atom stereocenters. The summed E-state index contributed by atoms with van der Waals surface area (Å²) in [5.41, 5.74) is 5.36. The van der Waals surface area contributed by atoms with Gasteiger partial charge in [0.25, 0.3) is 10.2 Å². The summed E-state index contributed by atoms with van der Waals surface area (Å²) in [5.74, 6) is 0. The molecule has 0 atom stereocenters. The Kier molecular flexibility index (Phi) is 7.00. The maximum absolute atomic E-state index is 11.8. The van der Waals surface area contributed by atoms with Crippen molar-refractivity contribution < 1.29 is 8.42 Å². The van der Waals surface area contributed by atoms with Crippen LogP contribution in [0.1, 0.15) is 19.3 Å². The summed E-state index contributed by atoms with van der Waals surface area (Å²) >= 11 is 0. The van der Waals surface area contributed by atoms with Crippen LogP contribution in [0.5, 0.6) is 0 Å². The Morgan fingerprint density at radius 3 is 2.79 bits per heavy atom. The van der Waals surface area contributed by atoms with Crippen LogP contribution in [0.3, 0.4) is 0 Å². The number of rotatable bonds is 10. The number of nitrogens with one attached hydrogen (secondary N) is 1. The lowest BCUT2D eigenvalue weighted by molar-refractivity contribution is 0.451. The van der Waals surface area contributed by atoms with Gasteiger partial charge in [-0.1, -0.05) is 0 Å². The summed E-state index contributed by atoms with van der Waals surface area (Å²) in [4.78, 5) is 3.95. The van der Waals surface area contributed by atoms with Gasteiger partial charge in [0.05, 0.1) is 6.33 Å². The first kappa shape index (κ1) is 16.1. The molecule has 1 rings (SSSR count). The molecule has 0 aromatic carbocycles. The van der Waals surface area contributed by atoms with Crippen LogP contribution in [0, 0.1) is 0 Å². The molecule has 1 heterocycles. The third-order valence-corrected chi connectivity index (χ3v) is 4.35. The Balaban J connectivity index is 2.16. The van der Waals surface area contributed by atoms with Gasteiger partial charge < -0.3 is 10.3 Å². The number of imidazole rings is 1. The van der Waals surface area contributed by atoms with E-state index < -0.39 is 10.2 Å². The van der Waals surface area contributed by atoms with Crippen LogP contribution in [0.4, 0.5) is 0 Å². The first-order chi connectivity index (χ1) is 9.06. The van der Waals surface area contributed by atoms with E-state index in [4.69, 9.17) is 5.73 Å². The first-order valence-electron chi connectivity index (χ1n) is 6.43. The van der Waals surface area contributed by atoms with Crippen LogP contribution < -0.4 is 10.5 Å². The van der Waals surface area contributed by atoms with E-state index in [-0.39, 0.29) is 0 Å². The Labute approximate surface area is 115 Å². The van der Waals surface area contributed by atoms with Crippen molar-refractivity contribution in [2.45, 2.75) is 25.8 Å². The molecule has 1 aromatic rings. The highest BCUT2D eigenvalue weighted by atomic mass is 32.2. The summed E-state index contributed by atoms with van der Waals surface area (Å²) in [5, 5.41) is 0. The quantitative estimate of drug-likeness (QED) is 0.582. The molecule has 19 heavy (non-hydrogen) atoms. The molecule has 0 saturated carbocycles. The average molecular weight is 289 g/mol. The van der Waals surface area contributed by atoms with Gasteiger partial charge >= 0.3 is 0 Å². The van der Waals surface area contributed by atoms with Gasteiger partial charge in [-0.2, -0.15) is 12.7 Å². The normalized spacial score (nSPS) is 12.2. The summed E-state index contributed by atoms with van der Waals surface area (Å²) in [6.45, 7) is 2.24. The molecule has 0 bridgehead atoms. The SMILES string of the molecule is CN(CCCN)S(=O)(=O)NCCCCn1ccnc1. The molecule has 0 aliphatic carbocycles. The Hall–Kier alpha value is -0.960. The lowest BCUT2D eigenvalue weighted by Crippen LogP contribution is -2.39. The third-order valence-electron chi connectivity index (χ3n) is 2.77. The minimum atomic E-state index is -3.36. The van der Waals surface area contributed by atoms with Crippen molar-refractivity contribution in [1.82, 2.24) is 18.6 Å². The smallest absolute Gasteiger partial charge is 0.279 e. The number of hydrogen-bond donors (Lipinski definition) is 2. The topological polar surface area (TPSA) is 93.2 Å². The van der Waals surface area contributed by atoms with Gasteiger partial charge in [0.2, 0.25) is 0 Å². The molecule has 7 nitrogen and oxygen atoms in total. The molecule has 0 fully saturated rings. The lowest BCUT2D eigenvalue weighted by atomic mass is 10.3. The predicted molar refractivity (Wildman–Crippen MR) is 74.7 cm³/mol. The van der Waals surface area contributed by atoms with E-state index in [1.54, 1.807) is 19.6 Å². The number of aromatic nitrogens is 2. The van der Waals surface area contributed by atoms with Crippen LogP contribution in [0.15, 0.2) is 18.7 Å². The number of aryl methyl sites for hydroxylation is 1. The van der Waals surface area contributed by atoms with E-state index in [0.717, 1.165) is 19.4 Å². The van der Waals surface area contributed by atoms with E-state index in [1.165, 1.54) is 4.31 Å². The highest BCUT2D eigenvalue weighted by Gasteiger charge is 2.15. The minimum Gasteiger partial charge on any atom is -0.337 e. The summed E-state index contributed by atoms with van der Waals surface area (Å²) in [6.07, 6.45) is 7.75. The van der Waals surface area contributed by atoms with Gasteiger partial charge in [0, 0.05) is 39.1 Å². The summed E-state index contributed by atoms with van der Waals surface area (Å²) < 4.78 is 29.4. The zero-order valence-electron chi connectivity index (χ0n) is 11.3. The highest BCUT2D eigenvalue weighted by Crippen LogP contribution is 1.98. The van der Waals surface area contributed by atoms with Crippen molar-refractivity contribution in [2.75, 3.05) is 26.7 Å². The van der Waals surface area contributed by atoms with E-state index in [0.29, 0.717) is 26.1 Å². The molecule has 0 aliphatic rings. The van der Waals surface area contributed by atoms with E-state index in [1.807, 2.05) is 10.8 Å². The van der Waals surface area contributed by atoms with E-state index in [2.05, 4.69) is 9.71 Å². The Bertz CT molecular complexity index is 432. The average Bonchev–Trinajstić information content (AvgIpc) is 2.88. The van der Waals surface area contributed by atoms with Crippen LogP contribution >= 0.6 is 0 Å². The maximum atomic E-state index is 11.8. The number of nitrogens with two attached hydrogens (primary N) is 1. The van der Waals surface area contributed by atoms with Gasteiger partial charge in [0.1, 0.15) is 0 Å². The molecule has 8 heteroatoms. The van der Waals surface area contributed by atoms with E-state index >= 15 is 0 Å². The van der Waals surface area contributed by atoms with Crippen molar-refractivity contribution in [3.05, 3.63) is 18.7 Å². The molecule has 0 spiro atoms. The van der Waals surface area contributed by atoms with Crippen molar-refractivity contribution in [3.63, 3.8) is 0 Å². The molecule has 110 valence electrons. The van der Waals surface area contributed by atoms with Crippen molar-refractivity contribution in [3.8, 4) is 0 Å². The van der Waals surface area contributed by atoms with Crippen LogP contribution in [-0.4, -0.2) is 49.0 Å². The number of hydrogen-bond acceptors (Lipinski definition) is 4. The second kappa shape index (κ2) is 8.26. The Morgan fingerprint density at radius 2 is 2.16 bits per heavy atom. The van der Waals surface area contributed by atoms with E-state index in [9.17, 15) is 8.42 Å². The minimum absolute atomic E-state index is 0.445. The monoisotopic (exact) mass is 289 g/mol. The lowest BCUT2D eigenvalue weighted by Gasteiger charge is -2.17. The molecule has 0 saturated heterocycles. The molecule has 3 N–H and O–H groups in total. The largest absolute Gasteiger partial charge is 0.337 e. The molecule has 0 amide bonds. The van der Waals surface area contributed by atoms with Gasteiger partial charge in [-0.3, -0.25) is 0 Å². The predicted octanol–water partition coefficient (Wildman–Crippen LogP) is -0.222. The van der Waals surface area contributed by atoms with Crippen LogP contribution in [0.2, 0.25) is 0 Å². The van der Waals surface area contributed by atoms with Crippen LogP contribution in [-0.2, 0) is 16.8 Å². The highest BCUT2D eigenvalue weighted by molar-refractivity contribution is 7.87. The second-order valence-electron chi connectivity index (χ2n) is 4.37. The zero-order valence-corrected chi connectivity index (χ0v) is 12.1. The fourth-order valence-electron chi connectivity index (χ4n) is 1.58. The number of nitrogens with zero attached hydrogens (tertiary/aromatic N) is 3. The fourth-order valence-corrected chi connectivity index (χ4v) is 2.58. The second-order valence-corrected chi connectivity index (χ2v) is 6.23. The fraction of sp³-hybridized carbons (Fsp3) is 0.727. The maximum Gasteiger partial charge on any atom is 0.279 e. The zero-order chi connectivity index (χ0) is 14.1. The molecular weight excluding hydrogens is 266 g/mol. The molecule has 0 radical (unpaired) electrons. The number of unbranched alkanes of at least 4 members (excludes halogenated alkanes) is 1. The third kappa shape index (κ3) is 6.15. The van der Waals surface area contributed by atoms with Gasteiger partial charge in [-0.15, -0.1) is 0 Å². The molecule has 0 aliphatic heterocycles. The standard InChI is InChI=1S/C11H23N5O2S/c1-15(8-4-5-12)19(17,18)14-6-2-3-9-16-10-7-13-11-16/h7,10-11,14H,2-6,8-9,12H2,1H3. The summed E-state index contributed by atoms with van der Waals surface area (Å²) in [6, 6.07) is 0. The van der Waals surface area contributed by atoms with Gasteiger partial charge in [0.15, 0.2) is 0 Å². The first-order valence-corrected chi connectivity index (χ1v) is 7.87. The van der Waals surface area contributed by atoms with Crippen LogP contribution in [0.25, 0.3) is 0 Å². The van der Waals surface area contributed by atoms with Crippen molar-refractivity contribution >= 4 is 10.2 Å². The molecule has 1 aromatic heterocycles. The van der Waals surface area contributed by atoms with Gasteiger partial charge in [-0.25, -0.2) is 9.71 Å². The summed E-state index contributed by atoms with van der Waals surface area (Å²) in [7, 11) is -1.80. The van der Waals surface area contributed by atoms with Crippen molar-refractivity contribution in [1.29, 1.82) is 0 Å².